The van der Waals surface area contributed by atoms with E-state index in [1.54, 1.807) is 0 Å². The van der Waals surface area contributed by atoms with Gasteiger partial charge in [-0.05, 0) is 31.4 Å². The van der Waals surface area contributed by atoms with Crippen LogP contribution in [-0.2, 0) is 5.41 Å². The van der Waals surface area contributed by atoms with Gasteiger partial charge >= 0.3 is 0 Å². The minimum Gasteiger partial charge on any atom is -0.358 e. The molecule has 1 heterocycles. The molecule has 0 radical (unpaired) electrons. The maximum absolute atomic E-state index is 4.16. The van der Waals surface area contributed by atoms with Crippen LogP contribution in [-0.4, -0.2) is 0 Å². The standard InChI is InChI=1S/C14H19N/c1-9(2)14(5)11(4)15-13-7-6-10(3)8-12(13)14/h6-9,15H,4H2,1-3,5H3/t14-/m0/s1. The Balaban J connectivity index is 2.63. The van der Waals surface area contributed by atoms with Crippen LogP contribution in [0.5, 0.6) is 0 Å². The molecule has 0 bridgehead atoms. The number of hydrogen-bond donors (Lipinski definition) is 1. The highest BCUT2D eigenvalue weighted by Crippen LogP contribution is 2.47. The molecule has 0 spiro atoms. The predicted octanol–water partition coefficient (Wildman–Crippen LogP) is 3.85. The average Bonchev–Trinajstić information content (AvgIpc) is 2.42. The molecule has 1 atom stereocenters. The first-order chi connectivity index (χ1) is 6.96. The average molecular weight is 201 g/mol. The van der Waals surface area contributed by atoms with Crippen molar-refractivity contribution in [2.45, 2.75) is 33.1 Å². The second-order valence-corrected chi connectivity index (χ2v) is 5.01. The molecule has 15 heavy (non-hydrogen) atoms. The lowest BCUT2D eigenvalue weighted by Gasteiger charge is -2.30. The van der Waals surface area contributed by atoms with E-state index >= 15 is 0 Å². The maximum Gasteiger partial charge on any atom is 0.0424 e. The van der Waals surface area contributed by atoms with Gasteiger partial charge in [-0.1, -0.05) is 38.1 Å². The molecule has 1 nitrogen and oxygen atoms in total. The van der Waals surface area contributed by atoms with E-state index in [4.69, 9.17) is 0 Å². The van der Waals surface area contributed by atoms with Crippen molar-refractivity contribution in [3.63, 3.8) is 0 Å². The zero-order valence-electron chi connectivity index (χ0n) is 10.0. The molecule has 0 aliphatic carbocycles. The van der Waals surface area contributed by atoms with Crippen molar-refractivity contribution in [3.8, 4) is 0 Å². The lowest BCUT2D eigenvalue weighted by Crippen LogP contribution is -2.28. The summed E-state index contributed by atoms with van der Waals surface area (Å²) in [4.78, 5) is 0. The van der Waals surface area contributed by atoms with E-state index in [0.717, 1.165) is 5.70 Å². The molecule has 1 aliphatic heterocycles. The van der Waals surface area contributed by atoms with Crippen LogP contribution in [0.1, 0.15) is 31.9 Å². The van der Waals surface area contributed by atoms with Crippen LogP contribution in [0.2, 0.25) is 0 Å². The molecule has 2 rings (SSSR count). The van der Waals surface area contributed by atoms with Gasteiger partial charge < -0.3 is 5.32 Å². The largest absolute Gasteiger partial charge is 0.358 e. The summed E-state index contributed by atoms with van der Waals surface area (Å²) in [6.45, 7) is 13.1. The van der Waals surface area contributed by atoms with E-state index in [9.17, 15) is 0 Å². The zero-order valence-corrected chi connectivity index (χ0v) is 10.0. The lowest BCUT2D eigenvalue weighted by atomic mass is 9.73. The molecule has 1 heteroatoms. The Morgan fingerprint density at radius 3 is 2.60 bits per heavy atom. The van der Waals surface area contributed by atoms with E-state index in [1.165, 1.54) is 16.8 Å². The van der Waals surface area contributed by atoms with Crippen molar-refractivity contribution in [1.29, 1.82) is 0 Å². The summed E-state index contributed by atoms with van der Waals surface area (Å²) in [5.74, 6) is 0.556. The number of anilines is 1. The number of rotatable bonds is 1. The Hall–Kier alpha value is -1.24. The second kappa shape index (κ2) is 3.13. The summed E-state index contributed by atoms with van der Waals surface area (Å²) in [5, 5.41) is 3.40. The minimum absolute atomic E-state index is 0.0708. The molecular formula is C14H19N. The molecule has 0 saturated carbocycles. The molecule has 0 amide bonds. The van der Waals surface area contributed by atoms with E-state index in [-0.39, 0.29) is 5.41 Å². The summed E-state index contributed by atoms with van der Waals surface area (Å²) >= 11 is 0. The predicted molar refractivity (Wildman–Crippen MR) is 66.1 cm³/mol. The Bertz CT molecular complexity index is 417. The highest BCUT2D eigenvalue weighted by atomic mass is 15.0. The van der Waals surface area contributed by atoms with Crippen molar-refractivity contribution < 1.29 is 0 Å². The first kappa shape index (κ1) is 10.3. The number of benzene rings is 1. The molecule has 1 aromatic carbocycles. The molecule has 0 unspecified atom stereocenters. The van der Waals surface area contributed by atoms with Crippen LogP contribution >= 0.6 is 0 Å². The Labute approximate surface area is 92.2 Å². The fourth-order valence-corrected chi connectivity index (χ4v) is 2.31. The van der Waals surface area contributed by atoms with Crippen molar-refractivity contribution in [2.75, 3.05) is 5.32 Å². The normalized spacial score (nSPS) is 24.2. The topological polar surface area (TPSA) is 12.0 Å². The van der Waals surface area contributed by atoms with E-state index in [1.807, 2.05) is 0 Å². The molecule has 0 saturated heterocycles. The van der Waals surface area contributed by atoms with Crippen molar-refractivity contribution in [2.24, 2.45) is 5.92 Å². The third-order valence-electron chi connectivity index (χ3n) is 3.80. The Morgan fingerprint density at radius 2 is 2.00 bits per heavy atom. The van der Waals surface area contributed by atoms with Crippen molar-refractivity contribution in [1.82, 2.24) is 0 Å². The number of nitrogens with one attached hydrogen (secondary N) is 1. The highest BCUT2D eigenvalue weighted by Gasteiger charge is 2.40. The van der Waals surface area contributed by atoms with Crippen molar-refractivity contribution in [3.05, 3.63) is 41.6 Å². The monoisotopic (exact) mass is 201 g/mol. The molecule has 80 valence electrons. The highest BCUT2D eigenvalue weighted by molar-refractivity contribution is 5.68. The van der Waals surface area contributed by atoms with Crippen LogP contribution < -0.4 is 5.32 Å². The number of allylic oxidation sites excluding steroid dienone is 1. The summed E-state index contributed by atoms with van der Waals surface area (Å²) in [5.41, 5.74) is 5.13. The second-order valence-electron chi connectivity index (χ2n) is 5.01. The first-order valence-electron chi connectivity index (χ1n) is 5.53. The van der Waals surface area contributed by atoms with Crippen LogP contribution in [0.25, 0.3) is 0 Å². The van der Waals surface area contributed by atoms with Crippen LogP contribution in [0, 0.1) is 12.8 Å². The smallest absolute Gasteiger partial charge is 0.0424 e. The fraction of sp³-hybridized carbons (Fsp3) is 0.429. The van der Waals surface area contributed by atoms with Gasteiger partial charge in [0.1, 0.15) is 0 Å². The van der Waals surface area contributed by atoms with Gasteiger partial charge in [-0.25, -0.2) is 0 Å². The molecular weight excluding hydrogens is 182 g/mol. The third-order valence-corrected chi connectivity index (χ3v) is 3.80. The van der Waals surface area contributed by atoms with Gasteiger partial charge in [0.15, 0.2) is 0 Å². The third kappa shape index (κ3) is 1.30. The van der Waals surface area contributed by atoms with E-state index < -0.39 is 0 Å². The van der Waals surface area contributed by atoms with Gasteiger partial charge in [-0.3, -0.25) is 0 Å². The number of fused-ring (bicyclic) bond motifs is 1. The molecule has 0 aromatic heterocycles. The molecule has 1 aliphatic rings. The summed E-state index contributed by atoms with van der Waals surface area (Å²) in [6.07, 6.45) is 0. The molecule has 1 aromatic rings. The quantitative estimate of drug-likeness (QED) is 0.727. The van der Waals surface area contributed by atoms with Gasteiger partial charge in [-0.2, -0.15) is 0 Å². The SMILES string of the molecule is C=C1Nc2ccc(C)cc2[C@@]1(C)C(C)C. The van der Waals surface area contributed by atoms with Gasteiger partial charge in [0.25, 0.3) is 0 Å². The summed E-state index contributed by atoms with van der Waals surface area (Å²) in [7, 11) is 0. The van der Waals surface area contributed by atoms with Gasteiger partial charge in [0.05, 0.1) is 0 Å². The fourth-order valence-electron chi connectivity index (χ4n) is 2.31. The summed E-state index contributed by atoms with van der Waals surface area (Å²) < 4.78 is 0. The van der Waals surface area contributed by atoms with Crippen LogP contribution in [0.4, 0.5) is 5.69 Å². The maximum atomic E-state index is 4.16. The van der Waals surface area contributed by atoms with Gasteiger partial charge in [0.2, 0.25) is 0 Å². The van der Waals surface area contributed by atoms with E-state index in [0.29, 0.717) is 5.92 Å². The van der Waals surface area contributed by atoms with Crippen LogP contribution in [0.3, 0.4) is 0 Å². The van der Waals surface area contributed by atoms with Crippen molar-refractivity contribution >= 4 is 5.69 Å². The lowest BCUT2D eigenvalue weighted by molar-refractivity contribution is 0.412. The van der Waals surface area contributed by atoms with E-state index in [2.05, 4.69) is 57.8 Å². The zero-order chi connectivity index (χ0) is 11.2. The van der Waals surface area contributed by atoms with Crippen LogP contribution in [0.15, 0.2) is 30.5 Å². The minimum atomic E-state index is 0.0708. The first-order valence-corrected chi connectivity index (χ1v) is 5.53. The molecule has 0 fully saturated rings. The number of hydrogen-bond acceptors (Lipinski definition) is 1. The summed E-state index contributed by atoms with van der Waals surface area (Å²) in [6, 6.07) is 6.58. The Morgan fingerprint density at radius 1 is 1.33 bits per heavy atom. The van der Waals surface area contributed by atoms with Gasteiger partial charge in [-0.15, -0.1) is 0 Å². The van der Waals surface area contributed by atoms with Gasteiger partial charge in [0, 0.05) is 16.8 Å². The number of aryl methyl sites for hydroxylation is 1. The molecule has 1 N–H and O–H groups in total. The Kier molecular flexibility index (Phi) is 2.14.